The van der Waals surface area contributed by atoms with Crippen LogP contribution in [0, 0.1) is 5.82 Å². The van der Waals surface area contributed by atoms with Crippen molar-refractivity contribution in [1.82, 2.24) is 4.90 Å². The number of benzene rings is 2. The van der Waals surface area contributed by atoms with Crippen molar-refractivity contribution in [2.24, 2.45) is 0 Å². The summed E-state index contributed by atoms with van der Waals surface area (Å²) in [6.07, 6.45) is 1.32. The Labute approximate surface area is 171 Å². The van der Waals surface area contributed by atoms with E-state index in [1.807, 2.05) is 24.3 Å². The maximum Gasteiger partial charge on any atom is 0.224 e. The van der Waals surface area contributed by atoms with Crippen molar-refractivity contribution in [1.29, 1.82) is 0 Å². The molecule has 0 spiro atoms. The fourth-order valence-electron chi connectivity index (χ4n) is 3.63. The van der Waals surface area contributed by atoms with E-state index in [2.05, 4.69) is 24.1 Å². The zero-order chi connectivity index (χ0) is 20.6. The quantitative estimate of drug-likeness (QED) is 0.674. The van der Waals surface area contributed by atoms with Crippen LogP contribution in [0.2, 0.25) is 0 Å². The third-order valence-electron chi connectivity index (χ3n) is 4.79. The van der Waals surface area contributed by atoms with Crippen molar-refractivity contribution in [3.63, 3.8) is 0 Å². The maximum atomic E-state index is 13.1. The Bertz CT molecular complexity index is 804. The van der Waals surface area contributed by atoms with Gasteiger partial charge in [0.2, 0.25) is 5.91 Å². The standard InChI is InChI=1S/C23H29FN2O3/c1-17-14-26(15-18(2)29-17)16-19-7-3-4-10-22(19)25-23(27)11-6-12-28-21-9-5-8-20(24)13-21/h3-5,7-10,13,17-18H,6,11-12,14-16H2,1-2H3,(H,25,27). The summed E-state index contributed by atoms with van der Waals surface area (Å²) in [6, 6.07) is 13.9. The number of carbonyl (C=O) groups is 1. The van der Waals surface area contributed by atoms with Crippen LogP contribution in [0.4, 0.5) is 10.1 Å². The number of rotatable bonds is 8. The van der Waals surface area contributed by atoms with Crippen LogP contribution in [0.3, 0.4) is 0 Å². The molecule has 5 nitrogen and oxygen atoms in total. The van der Waals surface area contributed by atoms with Crippen LogP contribution >= 0.6 is 0 Å². The van der Waals surface area contributed by atoms with Gasteiger partial charge < -0.3 is 14.8 Å². The van der Waals surface area contributed by atoms with Gasteiger partial charge in [0, 0.05) is 37.8 Å². The van der Waals surface area contributed by atoms with Gasteiger partial charge in [0.25, 0.3) is 0 Å². The lowest BCUT2D eigenvalue weighted by molar-refractivity contribution is -0.116. The first-order chi connectivity index (χ1) is 14.0. The fraction of sp³-hybridized carbons (Fsp3) is 0.435. The van der Waals surface area contributed by atoms with Crippen LogP contribution in [0.25, 0.3) is 0 Å². The Balaban J connectivity index is 1.47. The molecule has 29 heavy (non-hydrogen) atoms. The summed E-state index contributed by atoms with van der Waals surface area (Å²) in [5.41, 5.74) is 1.94. The minimum atomic E-state index is -0.332. The van der Waals surface area contributed by atoms with Gasteiger partial charge in [-0.25, -0.2) is 4.39 Å². The molecule has 1 aliphatic rings. The highest BCUT2D eigenvalue weighted by atomic mass is 19.1. The first-order valence-electron chi connectivity index (χ1n) is 10.1. The number of nitrogens with zero attached hydrogens (tertiary/aromatic N) is 1. The number of nitrogens with one attached hydrogen (secondary N) is 1. The molecule has 3 rings (SSSR count). The van der Waals surface area contributed by atoms with Crippen molar-refractivity contribution in [2.45, 2.75) is 45.4 Å². The van der Waals surface area contributed by atoms with E-state index in [0.717, 1.165) is 30.9 Å². The van der Waals surface area contributed by atoms with E-state index < -0.39 is 0 Å². The number of carbonyl (C=O) groups excluding carboxylic acids is 1. The second-order valence-corrected chi connectivity index (χ2v) is 7.57. The second-order valence-electron chi connectivity index (χ2n) is 7.57. The van der Waals surface area contributed by atoms with Crippen LogP contribution in [0.5, 0.6) is 5.75 Å². The van der Waals surface area contributed by atoms with E-state index >= 15 is 0 Å². The SMILES string of the molecule is CC1CN(Cc2ccccc2NC(=O)CCCOc2cccc(F)c2)CC(C)O1. The molecule has 0 aromatic heterocycles. The van der Waals surface area contributed by atoms with Crippen molar-refractivity contribution >= 4 is 11.6 Å². The van der Waals surface area contributed by atoms with Gasteiger partial charge in [-0.1, -0.05) is 24.3 Å². The lowest BCUT2D eigenvalue weighted by atomic mass is 10.1. The first kappa shape index (κ1) is 21.3. The van der Waals surface area contributed by atoms with Gasteiger partial charge in [0.1, 0.15) is 11.6 Å². The third kappa shape index (κ3) is 6.84. The maximum absolute atomic E-state index is 13.1. The number of amides is 1. The normalized spacial score (nSPS) is 19.7. The zero-order valence-corrected chi connectivity index (χ0v) is 17.1. The van der Waals surface area contributed by atoms with E-state index in [9.17, 15) is 9.18 Å². The fourth-order valence-corrected chi connectivity index (χ4v) is 3.63. The number of halogens is 1. The van der Waals surface area contributed by atoms with Gasteiger partial charge in [0.15, 0.2) is 0 Å². The zero-order valence-electron chi connectivity index (χ0n) is 17.1. The first-order valence-corrected chi connectivity index (χ1v) is 10.1. The number of anilines is 1. The molecule has 0 radical (unpaired) electrons. The van der Waals surface area contributed by atoms with Crippen LogP contribution in [-0.4, -0.2) is 42.7 Å². The molecule has 2 aromatic carbocycles. The number of para-hydroxylation sites is 1. The Kier molecular flexibility index (Phi) is 7.61. The molecule has 1 saturated heterocycles. The number of hydrogen-bond donors (Lipinski definition) is 1. The molecular formula is C23H29FN2O3. The summed E-state index contributed by atoms with van der Waals surface area (Å²) >= 11 is 0. The smallest absolute Gasteiger partial charge is 0.224 e. The van der Waals surface area contributed by atoms with Crippen molar-refractivity contribution in [3.05, 3.63) is 59.9 Å². The van der Waals surface area contributed by atoms with E-state index in [1.165, 1.54) is 12.1 Å². The van der Waals surface area contributed by atoms with Gasteiger partial charge >= 0.3 is 0 Å². The highest BCUT2D eigenvalue weighted by Gasteiger charge is 2.22. The monoisotopic (exact) mass is 400 g/mol. The highest BCUT2D eigenvalue weighted by Crippen LogP contribution is 2.20. The average molecular weight is 400 g/mol. The van der Waals surface area contributed by atoms with E-state index in [-0.39, 0.29) is 23.9 Å². The molecule has 156 valence electrons. The number of ether oxygens (including phenoxy) is 2. The van der Waals surface area contributed by atoms with Gasteiger partial charge in [-0.15, -0.1) is 0 Å². The topological polar surface area (TPSA) is 50.8 Å². The molecule has 1 N–H and O–H groups in total. The molecule has 1 fully saturated rings. The predicted octanol–water partition coefficient (Wildman–Crippen LogP) is 4.23. The van der Waals surface area contributed by atoms with Crippen molar-refractivity contribution in [2.75, 3.05) is 25.0 Å². The molecular weight excluding hydrogens is 371 g/mol. The molecule has 1 aliphatic heterocycles. The minimum Gasteiger partial charge on any atom is -0.493 e. The van der Waals surface area contributed by atoms with E-state index in [1.54, 1.807) is 12.1 Å². The van der Waals surface area contributed by atoms with Crippen LogP contribution in [-0.2, 0) is 16.1 Å². The largest absolute Gasteiger partial charge is 0.493 e. The molecule has 0 saturated carbocycles. The lowest BCUT2D eigenvalue weighted by Crippen LogP contribution is -2.44. The number of morpholine rings is 1. The molecule has 2 aromatic rings. The highest BCUT2D eigenvalue weighted by molar-refractivity contribution is 5.91. The summed E-state index contributed by atoms with van der Waals surface area (Å²) in [4.78, 5) is 14.7. The summed E-state index contributed by atoms with van der Waals surface area (Å²) < 4.78 is 24.4. The Morgan fingerprint density at radius 2 is 1.93 bits per heavy atom. The molecule has 0 bridgehead atoms. The molecule has 0 aliphatic carbocycles. The van der Waals surface area contributed by atoms with Crippen LogP contribution < -0.4 is 10.1 Å². The van der Waals surface area contributed by atoms with Gasteiger partial charge in [-0.3, -0.25) is 9.69 Å². The van der Waals surface area contributed by atoms with Gasteiger partial charge in [-0.2, -0.15) is 0 Å². The van der Waals surface area contributed by atoms with E-state index in [4.69, 9.17) is 9.47 Å². The summed E-state index contributed by atoms with van der Waals surface area (Å²) in [7, 11) is 0. The minimum absolute atomic E-state index is 0.0518. The Morgan fingerprint density at radius 3 is 2.69 bits per heavy atom. The Morgan fingerprint density at radius 1 is 1.17 bits per heavy atom. The molecule has 6 heteroatoms. The van der Waals surface area contributed by atoms with Crippen molar-refractivity contribution < 1.29 is 18.7 Å². The molecule has 1 amide bonds. The second kappa shape index (κ2) is 10.4. The van der Waals surface area contributed by atoms with Gasteiger partial charge in [-0.05, 0) is 44.0 Å². The van der Waals surface area contributed by atoms with Crippen LogP contribution in [0.1, 0.15) is 32.3 Å². The molecule has 2 atom stereocenters. The van der Waals surface area contributed by atoms with Gasteiger partial charge in [0.05, 0.1) is 18.8 Å². The average Bonchev–Trinajstić information content (AvgIpc) is 2.66. The summed E-state index contributed by atoms with van der Waals surface area (Å²) in [5, 5.41) is 3.02. The molecule has 1 heterocycles. The summed E-state index contributed by atoms with van der Waals surface area (Å²) in [6.45, 7) is 7.07. The summed E-state index contributed by atoms with van der Waals surface area (Å²) in [5.74, 6) is 0.0923. The van der Waals surface area contributed by atoms with Crippen molar-refractivity contribution in [3.8, 4) is 5.75 Å². The third-order valence-corrected chi connectivity index (χ3v) is 4.79. The van der Waals surface area contributed by atoms with E-state index in [0.29, 0.717) is 25.2 Å². The lowest BCUT2D eigenvalue weighted by Gasteiger charge is -2.35. The molecule has 2 unspecified atom stereocenters. The van der Waals surface area contributed by atoms with Crippen LogP contribution in [0.15, 0.2) is 48.5 Å². The number of hydrogen-bond acceptors (Lipinski definition) is 4. The Hall–Kier alpha value is -2.44. The predicted molar refractivity (Wildman–Crippen MR) is 111 cm³/mol.